The number of hydrogen-bond donors (Lipinski definition) is 1. The minimum atomic E-state index is -4.96. The van der Waals surface area contributed by atoms with Crippen LogP contribution in [0.25, 0.3) is 0 Å². The van der Waals surface area contributed by atoms with Gasteiger partial charge in [-0.1, -0.05) is 6.08 Å². The Kier molecular flexibility index (Phi) is 7.31. The van der Waals surface area contributed by atoms with Gasteiger partial charge in [0.25, 0.3) is 0 Å². The van der Waals surface area contributed by atoms with Crippen LogP contribution < -0.4 is 4.74 Å². The molecule has 0 amide bonds. The van der Waals surface area contributed by atoms with Gasteiger partial charge in [0.15, 0.2) is 0 Å². The van der Waals surface area contributed by atoms with Crippen LogP contribution in [0.3, 0.4) is 0 Å². The summed E-state index contributed by atoms with van der Waals surface area (Å²) in [6.45, 7) is 1.86. The highest BCUT2D eigenvalue weighted by Crippen LogP contribution is 2.61. The van der Waals surface area contributed by atoms with Crippen molar-refractivity contribution in [3.05, 3.63) is 81.7 Å². The number of hydrogen-bond acceptors (Lipinski definition) is 6. The van der Waals surface area contributed by atoms with Gasteiger partial charge in [0, 0.05) is 61.0 Å². The van der Waals surface area contributed by atoms with Gasteiger partial charge in [-0.2, -0.15) is 17.5 Å². The van der Waals surface area contributed by atoms with Crippen molar-refractivity contribution in [2.45, 2.75) is 43.9 Å². The smallest absolute Gasteiger partial charge is 0.416 e. The summed E-state index contributed by atoms with van der Waals surface area (Å²) in [5.74, 6) is -3.24. The number of rotatable bonds is 7. The number of fused-ring (bicyclic) bond motifs is 3. The number of ether oxygens (including phenoxy) is 1. The van der Waals surface area contributed by atoms with Crippen molar-refractivity contribution in [2.75, 3.05) is 32.4 Å². The molecule has 14 heteroatoms. The van der Waals surface area contributed by atoms with Crippen molar-refractivity contribution in [2.24, 2.45) is 11.8 Å². The topological polar surface area (TPSA) is 100 Å². The molecule has 2 aromatic rings. The number of aliphatic carboxylic acids is 1. The molecule has 4 aliphatic rings. The Bertz CT molecular complexity index is 1700. The highest BCUT2D eigenvalue weighted by molar-refractivity contribution is 7.88. The zero-order valence-electron chi connectivity index (χ0n) is 23.9. The second kappa shape index (κ2) is 10.5. The summed E-state index contributed by atoms with van der Waals surface area (Å²) in [5, 5.41) is 9.30. The van der Waals surface area contributed by atoms with Crippen molar-refractivity contribution >= 4 is 16.0 Å². The molecule has 8 nitrogen and oxygen atoms in total. The van der Waals surface area contributed by atoms with Crippen molar-refractivity contribution in [3.8, 4) is 5.88 Å². The van der Waals surface area contributed by atoms with Crippen molar-refractivity contribution in [1.82, 2.24) is 14.2 Å². The Balaban J connectivity index is 1.22. The molecule has 0 bridgehead atoms. The second-order valence-electron chi connectivity index (χ2n) is 12.1. The maximum Gasteiger partial charge on any atom is 0.416 e. The van der Waals surface area contributed by atoms with E-state index in [0.717, 1.165) is 29.5 Å². The lowest BCUT2D eigenvalue weighted by Gasteiger charge is -2.39. The van der Waals surface area contributed by atoms with Crippen LogP contribution in [0.5, 0.6) is 5.88 Å². The van der Waals surface area contributed by atoms with Gasteiger partial charge in [0.1, 0.15) is 18.3 Å². The van der Waals surface area contributed by atoms with E-state index in [2.05, 4.69) is 4.98 Å². The van der Waals surface area contributed by atoms with Gasteiger partial charge in [0.2, 0.25) is 15.9 Å². The summed E-state index contributed by atoms with van der Waals surface area (Å²) in [5.41, 5.74) is -1.52. The summed E-state index contributed by atoms with van der Waals surface area (Å²) < 4.78 is 104. The number of alkyl halides is 3. The molecule has 1 aromatic heterocycles. The summed E-state index contributed by atoms with van der Waals surface area (Å²) in [7, 11) is -3.38. The third kappa shape index (κ3) is 5.35. The zero-order chi connectivity index (χ0) is 31.8. The molecule has 2 heterocycles. The van der Waals surface area contributed by atoms with Crippen molar-refractivity contribution < 1.29 is 45.0 Å². The predicted molar refractivity (Wildman–Crippen MR) is 148 cm³/mol. The van der Waals surface area contributed by atoms with E-state index in [-0.39, 0.29) is 42.8 Å². The molecule has 2 fully saturated rings. The highest BCUT2D eigenvalue weighted by Gasteiger charge is 2.60. The van der Waals surface area contributed by atoms with Crippen LogP contribution >= 0.6 is 0 Å². The largest absolute Gasteiger partial charge is 0.481 e. The normalized spacial score (nSPS) is 26.9. The van der Waals surface area contributed by atoms with E-state index < -0.39 is 62.9 Å². The van der Waals surface area contributed by atoms with Gasteiger partial charge >= 0.3 is 12.1 Å². The van der Waals surface area contributed by atoms with E-state index >= 15 is 8.78 Å². The molecule has 3 aliphatic carbocycles. The first-order chi connectivity index (χ1) is 20.6. The molecular weight excluding hydrogens is 609 g/mol. The average Bonchev–Trinajstić information content (AvgIpc) is 3.55. The Morgan fingerprint density at radius 3 is 2.48 bits per heavy atom. The van der Waals surface area contributed by atoms with Crippen molar-refractivity contribution in [3.63, 3.8) is 0 Å². The molecule has 1 aliphatic heterocycles. The van der Waals surface area contributed by atoms with Crippen LogP contribution in [0.4, 0.5) is 22.0 Å². The van der Waals surface area contributed by atoms with E-state index in [1.807, 2.05) is 0 Å². The summed E-state index contributed by atoms with van der Waals surface area (Å²) in [6, 6.07) is 3.00. The van der Waals surface area contributed by atoms with Gasteiger partial charge in [-0.25, -0.2) is 22.2 Å². The number of piperazine rings is 1. The third-order valence-electron chi connectivity index (χ3n) is 9.32. The fourth-order valence-electron chi connectivity index (χ4n) is 6.75. The predicted octanol–water partition coefficient (Wildman–Crippen LogP) is 4.76. The Hall–Kier alpha value is -3.52. The molecule has 1 saturated heterocycles. The number of aromatic nitrogens is 1. The second-order valence-corrected chi connectivity index (χ2v) is 14.0. The number of halogens is 5. The zero-order valence-corrected chi connectivity index (χ0v) is 24.7. The van der Waals surface area contributed by atoms with Crippen LogP contribution in [0.1, 0.15) is 47.1 Å². The monoisotopic (exact) mass is 639 g/mol. The molecule has 4 atom stereocenters. The first-order valence-electron chi connectivity index (χ1n) is 14.1. The van der Waals surface area contributed by atoms with Crippen LogP contribution in [0.15, 0.2) is 48.1 Å². The lowest BCUT2D eigenvalue weighted by molar-refractivity contribution is -0.139. The maximum atomic E-state index is 15.8. The van der Waals surface area contributed by atoms with E-state index in [1.54, 1.807) is 17.0 Å². The Labute approximate surface area is 250 Å². The molecule has 6 rings (SSSR count). The number of nitrogens with zero attached hydrogens (tertiary/aromatic N) is 3. The van der Waals surface area contributed by atoms with Crippen LogP contribution in [0, 0.1) is 17.7 Å². The van der Waals surface area contributed by atoms with Crippen LogP contribution in [-0.2, 0) is 39.4 Å². The number of benzene rings is 1. The van der Waals surface area contributed by atoms with E-state index in [9.17, 15) is 31.5 Å². The average molecular weight is 640 g/mol. The lowest BCUT2D eigenvalue weighted by atomic mass is 9.73. The van der Waals surface area contributed by atoms with Gasteiger partial charge in [-0.15, -0.1) is 0 Å². The minimum absolute atomic E-state index is 0.000289. The first kappa shape index (κ1) is 30.5. The molecule has 0 spiro atoms. The van der Waals surface area contributed by atoms with Gasteiger partial charge in [-0.05, 0) is 60.6 Å². The summed E-state index contributed by atoms with van der Waals surface area (Å²) >= 11 is 0. The van der Waals surface area contributed by atoms with E-state index in [0.29, 0.717) is 31.3 Å². The number of carbonyl (C=O) groups is 1. The van der Waals surface area contributed by atoms with Crippen LogP contribution in [-0.4, -0.2) is 66.1 Å². The SMILES string of the molecule is CC1(c2cc(COc3cc4c(cn3)[C@H]3[C@@H](C4)[C@@H]3C(=O)O)c(F)cc2C(F)(F)F)CC=C(N2CCN(S(C)(=O)=O)CC2)C=C1F. The number of pyridine rings is 1. The molecule has 0 radical (unpaired) electrons. The quantitative estimate of drug-likeness (QED) is 0.436. The molecule has 236 valence electrons. The maximum absolute atomic E-state index is 15.8. The van der Waals surface area contributed by atoms with Crippen molar-refractivity contribution in [1.29, 1.82) is 0 Å². The van der Waals surface area contributed by atoms with Gasteiger partial charge in [0.05, 0.1) is 17.7 Å². The summed E-state index contributed by atoms with van der Waals surface area (Å²) in [6.07, 6.45) is 0.859. The standard InChI is InChI=1S/C30H30F5N3O5S/c1-29(4-3-18(12-24(29)32)37-5-7-38(8-6-37)44(2,41)42)21-10-17(23(31)13-22(21)30(33,34)35)15-43-25-11-16-9-19-26(20(16)14-36-25)27(19)28(39)40/h3,10-14,19,26-27H,4-9,15H2,1-2H3,(H,39,40)/t19-,26-,27+,29?/m1/s1. The first-order valence-corrected chi connectivity index (χ1v) is 15.9. The molecular formula is C30H30F5N3O5S. The number of carboxylic acids is 1. The third-order valence-corrected chi connectivity index (χ3v) is 10.6. The van der Waals surface area contributed by atoms with Gasteiger partial charge < -0.3 is 14.7 Å². The van der Waals surface area contributed by atoms with Crippen LogP contribution in [0.2, 0.25) is 0 Å². The molecule has 44 heavy (non-hydrogen) atoms. The number of sulfonamides is 1. The molecule has 1 saturated carbocycles. The van der Waals surface area contributed by atoms with Gasteiger partial charge in [-0.3, -0.25) is 4.79 Å². The van der Waals surface area contributed by atoms with E-state index in [1.165, 1.54) is 17.4 Å². The Morgan fingerprint density at radius 1 is 1.16 bits per heavy atom. The number of carboxylic acid groups (broad SMARTS) is 1. The highest BCUT2D eigenvalue weighted by atomic mass is 32.2. The molecule has 1 N–H and O–H groups in total. The molecule has 1 unspecified atom stereocenters. The minimum Gasteiger partial charge on any atom is -0.481 e. The molecule has 1 aromatic carbocycles. The fourth-order valence-corrected chi connectivity index (χ4v) is 7.57. The fraction of sp³-hybridized carbons (Fsp3) is 0.467. The Morgan fingerprint density at radius 2 is 1.86 bits per heavy atom. The van der Waals surface area contributed by atoms with E-state index in [4.69, 9.17) is 4.74 Å². The number of allylic oxidation sites excluding steroid dienone is 3. The summed E-state index contributed by atoms with van der Waals surface area (Å²) in [4.78, 5) is 17.3. The lowest BCUT2D eigenvalue weighted by Crippen LogP contribution is -2.48.